The zero-order chi connectivity index (χ0) is 18.5. The molecule has 0 bridgehead atoms. The Morgan fingerprint density at radius 3 is 2.77 bits per heavy atom. The van der Waals surface area contributed by atoms with Gasteiger partial charge in [-0.05, 0) is 42.7 Å². The maximum atomic E-state index is 13.6. The van der Waals surface area contributed by atoms with Crippen LogP contribution in [0.2, 0.25) is 0 Å². The molecule has 0 aliphatic carbocycles. The lowest BCUT2D eigenvalue weighted by molar-refractivity contribution is -0.122. The highest BCUT2D eigenvalue weighted by Crippen LogP contribution is 2.30. The van der Waals surface area contributed by atoms with E-state index in [9.17, 15) is 14.0 Å². The van der Waals surface area contributed by atoms with E-state index in [1.54, 1.807) is 29.2 Å². The van der Waals surface area contributed by atoms with Crippen LogP contribution in [-0.4, -0.2) is 32.2 Å². The van der Waals surface area contributed by atoms with Crippen LogP contribution in [0.5, 0.6) is 0 Å². The third kappa shape index (κ3) is 4.00. The summed E-state index contributed by atoms with van der Waals surface area (Å²) < 4.78 is 18.6. The van der Waals surface area contributed by atoms with Crippen molar-refractivity contribution in [3.63, 3.8) is 0 Å². The van der Waals surface area contributed by atoms with Crippen molar-refractivity contribution in [1.82, 2.24) is 0 Å². The molecule has 2 aromatic rings. The van der Waals surface area contributed by atoms with Gasteiger partial charge in [0.2, 0.25) is 0 Å². The van der Waals surface area contributed by atoms with Crippen LogP contribution in [0, 0.1) is 5.82 Å². The second-order valence-electron chi connectivity index (χ2n) is 5.98. The summed E-state index contributed by atoms with van der Waals surface area (Å²) in [5.41, 5.74) is 2.43. The first kappa shape index (κ1) is 17.9. The SMILES string of the molecule is COCC(=O)N1CCCc2ccc(NC(=O)Nc3ccccc3F)cc21. The van der Waals surface area contributed by atoms with Crippen LogP contribution < -0.4 is 15.5 Å². The van der Waals surface area contributed by atoms with Gasteiger partial charge in [-0.25, -0.2) is 9.18 Å². The first-order valence-electron chi connectivity index (χ1n) is 8.33. The number of para-hydroxylation sites is 1. The number of ether oxygens (including phenoxy) is 1. The fourth-order valence-corrected chi connectivity index (χ4v) is 2.96. The molecule has 0 fully saturated rings. The van der Waals surface area contributed by atoms with Crippen molar-refractivity contribution in [3.8, 4) is 0 Å². The third-order valence-electron chi connectivity index (χ3n) is 4.15. The molecule has 3 rings (SSSR count). The van der Waals surface area contributed by atoms with Gasteiger partial charge in [-0.2, -0.15) is 0 Å². The van der Waals surface area contributed by atoms with Crippen LogP contribution in [0.1, 0.15) is 12.0 Å². The highest BCUT2D eigenvalue weighted by Gasteiger charge is 2.23. The second kappa shape index (κ2) is 7.97. The number of nitrogens with one attached hydrogen (secondary N) is 2. The summed E-state index contributed by atoms with van der Waals surface area (Å²) in [4.78, 5) is 26.0. The van der Waals surface area contributed by atoms with E-state index in [1.165, 1.54) is 19.2 Å². The molecule has 0 saturated carbocycles. The van der Waals surface area contributed by atoms with Crippen molar-refractivity contribution in [2.45, 2.75) is 12.8 Å². The number of carbonyl (C=O) groups is 2. The summed E-state index contributed by atoms with van der Waals surface area (Å²) >= 11 is 0. The number of rotatable bonds is 4. The summed E-state index contributed by atoms with van der Waals surface area (Å²) in [5.74, 6) is -0.633. The van der Waals surface area contributed by atoms with Crippen molar-refractivity contribution in [3.05, 3.63) is 53.8 Å². The molecule has 0 saturated heterocycles. The molecule has 1 heterocycles. The van der Waals surface area contributed by atoms with Crippen molar-refractivity contribution >= 4 is 29.0 Å². The quantitative estimate of drug-likeness (QED) is 0.881. The smallest absolute Gasteiger partial charge is 0.323 e. The number of hydrogen-bond acceptors (Lipinski definition) is 3. The van der Waals surface area contributed by atoms with Gasteiger partial charge in [0.15, 0.2) is 0 Å². The van der Waals surface area contributed by atoms with Gasteiger partial charge in [-0.1, -0.05) is 18.2 Å². The number of benzene rings is 2. The van der Waals surface area contributed by atoms with Crippen LogP contribution in [0.15, 0.2) is 42.5 Å². The highest BCUT2D eigenvalue weighted by molar-refractivity contribution is 6.01. The number of urea groups is 1. The first-order valence-corrected chi connectivity index (χ1v) is 8.33. The van der Waals surface area contributed by atoms with Crippen molar-refractivity contribution in [2.24, 2.45) is 0 Å². The van der Waals surface area contributed by atoms with E-state index >= 15 is 0 Å². The van der Waals surface area contributed by atoms with Crippen LogP contribution >= 0.6 is 0 Å². The monoisotopic (exact) mass is 357 g/mol. The molecule has 1 aliphatic rings. The van der Waals surface area contributed by atoms with Gasteiger partial charge in [0, 0.05) is 25.0 Å². The van der Waals surface area contributed by atoms with Crippen molar-refractivity contribution in [2.75, 3.05) is 35.8 Å². The van der Waals surface area contributed by atoms with Crippen LogP contribution in [0.25, 0.3) is 0 Å². The summed E-state index contributed by atoms with van der Waals surface area (Å²) in [7, 11) is 1.48. The number of anilines is 3. The van der Waals surface area contributed by atoms with Crippen molar-refractivity contribution < 1.29 is 18.7 Å². The lowest BCUT2D eigenvalue weighted by Gasteiger charge is -2.29. The Morgan fingerprint density at radius 2 is 2.00 bits per heavy atom. The average Bonchev–Trinajstić information content (AvgIpc) is 2.63. The maximum Gasteiger partial charge on any atom is 0.323 e. The Bertz CT molecular complexity index is 825. The van der Waals surface area contributed by atoms with Gasteiger partial charge in [0.1, 0.15) is 12.4 Å². The molecule has 1 aliphatic heterocycles. The summed E-state index contributed by atoms with van der Waals surface area (Å²) in [6.07, 6.45) is 1.75. The Morgan fingerprint density at radius 1 is 1.19 bits per heavy atom. The molecule has 6 nitrogen and oxygen atoms in total. The molecule has 2 aromatic carbocycles. The zero-order valence-electron chi connectivity index (χ0n) is 14.4. The fraction of sp³-hybridized carbons (Fsp3) is 0.263. The minimum Gasteiger partial charge on any atom is -0.375 e. The Kier molecular flexibility index (Phi) is 5.48. The zero-order valence-corrected chi connectivity index (χ0v) is 14.4. The number of fused-ring (bicyclic) bond motifs is 1. The van der Waals surface area contributed by atoms with Gasteiger partial charge < -0.3 is 20.3 Å². The van der Waals surface area contributed by atoms with Gasteiger partial charge in [0.05, 0.1) is 5.69 Å². The fourth-order valence-electron chi connectivity index (χ4n) is 2.96. The van der Waals surface area contributed by atoms with E-state index in [1.807, 2.05) is 6.07 Å². The van der Waals surface area contributed by atoms with E-state index < -0.39 is 11.8 Å². The number of halogens is 1. The molecule has 136 valence electrons. The summed E-state index contributed by atoms with van der Waals surface area (Å²) in [6.45, 7) is 0.616. The van der Waals surface area contributed by atoms with Gasteiger partial charge in [0.25, 0.3) is 5.91 Å². The van der Waals surface area contributed by atoms with E-state index in [0.717, 1.165) is 24.1 Å². The van der Waals surface area contributed by atoms with Crippen LogP contribution in [0.3, 0.4) is 0 Å². The molecule has 26 heavy (non-hydrogen) atoms. The molecule has 0 aromatic heterocycles. The van der Waals surface area contributed by atoms with Gasteiger partial charge in [-0.15, -0.1) is 0 Å². The topological polar surface area (TPSA) is 70.7 Å². The molecule has 0 atom stereocenters. The predicted molar refractivity (Wildman–Crippen MR) is 98.0 cm³/mol. The molecule has 7 heteroatoms. The van der Waals surface area contributed by atoms with Gasteiger partial charge in [-0.3, -0.25) is 4.79 Å². The van der Waals surface area contributed by atoms with E-state index in [4.69, 9.17) is 4.74 Å². The van der Waals surface area contributed by atoms with E-state index in [-0.39, 0.29) is 18.2 Å². The second-order valence-corrected chi connectivity index (χ2v) is 5.98. The Labute approximate surface area is 150 Å². The molecule has 0 spiro atoms. The minimum absolute atomic E-state index is 0.00483. The molecular weight excluding hydrogens is 337 g/mol. The first-order chi connectivity index (χ1) is 12.6. The Balaban J connectivity index is 1.75. The largest absolute Gasteiger partial charge is 0.375 e. The number of hydrogen-bond donors (Lipinski definition) is 2. The number of carbonyl (C=O) groups excluding carboxylic acids is 2. The number of methoxy groups -OCH3 is 1. The van der Waals surface area contributed by atoms with Crippen molar-refractivity contribution in [1.29, 1.82) is 0 Å². The summed E-state index contributed by atoms with van der Waals surface area (Å²) in [6, 6.07) is 10.8. The molecule has 2 N–H and O–H groups in total. The number of nitrogens with zero attached hydrogens (tertiary/aromatic N) is 1. The Hall–Kier alpha value is -2.93. The van der Waals surface area contributed by atoms with Gasteiger partial charge >= 0.3 is 6.03 Å². The summed E-state index contributed by atoms with van der Waals surface area (Å²) in [5, 5.41) is 5.14. The van der Waals surface area contributed by atoms with E-state index in [2.05, 4.69) is 10.6 Å². The molecular formula is C19H20FN3O3. The average molecular weight is 357 g/mol. The van der Waals surface area contributed by atoms with Crippen LogP contribution in [0.4, 0.5) is 26.2 Å². The number of aryl methyl sites for hydroxylation is 1. The maximum absolute atomic E-state index is 13.6. The lowest BCUT2D eigenvalue weighted by atomic mass is 10.0. The standard InChI is InChI=1S/C19H20FN3O3/c1-26-12-18(24)23-10-4-5-13-8-9-14(11-17(13)23)21-19(25)22-16-7-3-2-6-15(16)20/h2-3,6-9,11H,4-5,10,12H2,1H3,(H2,21,22,25). The molecule has 0 unspecified atom stereocenters. The molecule has 0 radical (unpaired) electrons. The molecule has 3 amide bonds. The van der Waals surface area contributed by atoms with Crippen LogP contribution in [-0.2, 0) is 16.0 Å². The normalized spacial score (nSPS) is 13.1. The highest BCUT2D eigenvalue weighted by atomic mass is 19.1. The predicted octanol–water partition coefficient (Wildman–Crippen LogP) is 3.40. The lowest BCUT2D eigenvalue weighted by Crippen LogP contribution is -2.37. The third-order valence-corrected chi connectivity index (χ3v) is 4.15. The minimum atomic E-state index is -0.555. The van der Waals surface area contributed by atoms with E-state index in [0.29, 0.717) is 12.2 Å². The number of amides is 3.